The Morgan fingerprint density at radius 2 is 1.40 bits per heavy atom. The molecule has 0 aliphatic rings. The molecule has 1 aromatic heterocycles. The van der Waals surface area contributed by atoms with E-state index in [1.54, 1.807) is 18.3 Å². The summed E-state index contributed by atoms with van der Waals surface area (Å²) in [5.74, 6) is 0.265. The minimum absolute atomic E-state index is 0.265. The van der Waals surface area contributed by atoms with E-state index in [0.29, 0.717) is 0 Å². The quantitative estimate of drug-likeness (QED) is 0.695. The van der Waals surface area contributed by atoms with E-state index in [1.807, 2.05) is 54.6 Å². The van der Waals surface area contributed by atoms with Gasteiger partial charge in [0.25, 0.3) is 0 Å². The van der Waals surface area contributed by atoms with Gasteiger partial charge in [-0.2, -0.15) is 0 Å². The second-order valence-electron chi connectivity index (χ2n) is 4.46. The molecule has 20 heavy (non-hydrogen) atoms. The van der Waals surface area contributed by atoms with Crippen molar-refractivity contribution < 1.29 is 5.11 Å². The van der Waals surface area contributed by atoms with Crippen molar-refractivity contribution in [2.24, 2.45) is 0 Å². The highest BCUT2D eigenvalue weighted by molar-refractivity contribution is 5.66. The minimum Gasteiger partial charge on any atom is -0.508 e. The van der Waals surface area contributed by atoms with E-state index in [4.69, 9.17) is 0 Å². The predicted molar refractivity (Wildman–Crippen MR) is 81.1 cm³/mol. The number of benzene rings is 2. The molecule has 3 nitrogen and oxygen atoms in total. The molecule has 0 saturated heterocycles. The van der Waals surface area contributed by atoms with Crippen LogP contribution in [0.2, 0.25) is 0 Å². The van der Waals surface area contributed by atoms with Gasteiger partial charge < -0.3 is 10.4 Å². The van der Waals surface area contributed by atoms with E-state index in [-0.39, 0.29) is 5.75 Å². The second-order valence-corrected chi connectivity index (χ2v) is 4.46. The predicted octanol–water partition coefficient (Wildman–Crippen LogP) is 4.20. The molecule has 1 heterocycles. The fourth-order valence-electron chi connectivity index (χ4n) is 1.97. The van der Waals surface area contributed by atoms with Gasteiger partial charge >= 0.3 is 0 Å². The van der Waals surface area contributed by atoms with Crippen molar-refractivity contribution in [2.45, 2.75) is 0 Å². The van der Waals surface area contributed by atoms with Gasteiger partial charge in [0.2, 0.25) is 0 Å². The number of pyridine rings is 1. The third kappa shape index (κ3) is 2.78. The summed E-state index contributed by atoms with van der Waals surface area (Å²) >= 11 is 0. The summed E-state index contributed by atoms with van der Waals surface area (Å²) in [4.78, 5) is 4.32. The molecule has 0 radical (unpaired) electrons. The molecule has 98 valence electrons. The Morgan fingerprint density at radius 3 is 2.00 bits per heavy atom. The number of phenolic OH excluding ortho intramolecular Hbond substituents is 1. The van der Waals surface area contributed by atoms with Crippen LogP contribution in [0.25, 0.3) is 11.3 Å². The molecule has 3 heteroatoms. The van der Waals surface area contributed by atoms with Crippen LogP contribution in [-0.2, 0) is 0 Å². The summed E-state index contributed by atoms with van der Waals surface area (Å²) < 4.78 is 0. The van der Waals surface area contributed by atoms with Gasteiger partial charge in [0.15, 0.2) is 0 Å². The first kappa shape index (κ1) is 12.2. The lowest BCUT2D eigenvalue weighted by molar-refractivity contribution is 0.475. The lowest BCUT2D eigenvalue weighted by Crippen LogP contribution is -1.90. The molecule has 0 fully saturated rings. The van der Waals surface area contributed by atoms with Crippen LogP contribution in [0.1, 0.15) is 0 Å². The van der Waals surface area contributed by atoms with Gasteiger partial charge in [-0.05, 0) is 48.5 Å². The number of aromatic nitrogens is 1. The van der Waals surface area contributed by atoms with Gasteiger partial charge in [0.1, 0.15) is 5.75 Å². The first-order valence-corrected chi connectivity index (χ1v) is 6.39. The number of hydrogen-bond donors (Lipinski definition) is 2. The van der Waals surface area contributed by atoms with Gasteiger partial charge in [-0.3, -0.25) is 4.98 Å². The van der Waals surface area contributed by atoms with E-state index in [1.165, 1.54) is 0 Å². The molecule has 0 saturated carbocycles. The summed E-state index contributed by atoms with van der Waals surface area (Å²) in [7, 11) is 0. The SMILES string of the molecule is Oc1ccc(Nc2ccc(-c3ccccn3)cc2)cc1. The molecule has 0 spiro atoms. The molecule has 2 aromatic carbocycles. The summed E-state index contributed by atoms with van der Waals surface area (Å²) in [5.41, 5.74) is 3.98. The molecule has 0 aliphatic heterocycles. The largest absolute Gasteiger partial charge is 0.508 e. The fourth-order valence-corrected chi connectivity index (χ4v) is 1.97. The van der Waals surface area contributed by atoms with Crippen LogP contribution in [0.15, 0.2) is 72.9 Å². The number of anilines is 2. The standard InChI is InChI=1S/C17H14N2O/c20-16-10-8-15(9-11-16)19-14-6-4-13(5-7-14)17-3-1-2-12-18-17/h1-12,19-20H. The smallest absolute Gasteiger partial charge is 0.115 e. The third-order valence-corrected chi connectivity index (χ3v) is 3.00. The molecule has 3 aromatic rings. The number of phenols is 1. The molecule has 0 amide bonds. The highest BCUT2D eigenvalue weighted by Crippen LogP contribution is 2.22. The first-order chi connectivity index (χ1) is 9.81. The molecule has 2 N–H and O–H groups in total. The maximum atomic E-state index is 9.25. The Kier molecular flexibility index (Phi) is 3.33. The normalized spacial score (nSPS) is 10.2. The Hall–Kier alpha value is -2.81. The number of hydrogen-bond acceptors (Lipinski definition) is 3. The lowest BCUT2D eigenvalue weighted by Gasteiger charge is -2.07. The van der Waals surface area contributed by atoms with Crippen LogP contribution >= 0.6 is 0 Å². The zero-order valence-corrected chi connectivity index (χ0v) is 10.8. The van der Waals surface area contributed by atoms with Crippen molar-refractivity contribution in [1.29, 1.82) is 0 Å². The van der Waals surface area contributed by atoms with E-state index in [0.717, 1.165) is 22.6 Å². The van der Waals surface area contributed by atoms with Crippen molar-refractivity contribution >= 4 is 11.4 Å². The van der Waals surface area contributed by atoms with Gasteiger partial charge in [-0.15, -0.1) is 0 Å². The van der Waals surface area contributed by atoms with E-state index in [9.17, 15) is 5.11 Å². The maximum Gasteiger partial charge on any atom is 0.115 e. The van der Waals surface area contributed by atoms with E-state index in [2.05, 4.69) is 10.3 Å². The lowest BCUT2D eigenvalue weighted by atomic mass is 10.1. The monoisotopic (exact) mass is 262 g/mol. The molecular formula is C17H14N2O. The van der Waals surface area contributed by atoms with Gasteiger partial charge in [-0.25, -0.2) is 0 Å². The topological polar surface area (TPSA) is 45.1 Å². The van der Waals surface area contributed by atoms with Crippen molar-refractivity contribution in [3.05, 3.63) is 72.9 Å². The van der Waals surface area contributed by atoms with Crippen LogP contribution in [-0.4, -0.2) is 10.1 Å². The van der Waals surface area contributed by atoms with Gasteiger partial charge in [0, 0.05) is 23.1 Å². The average Bonchev–Trinajstić information content (AvgIpc) is 2.51. The summed E-state index contributed by atoms with van der Waals surface area (Å²) in [6.07, 6.45) is 1.79. The Balaban J connectivity index is 1.78. The molecular weight excluding hydrogens is 248 g/mol. The highest BCUT2D eigenvalue weighted by atomic mass is 16.3. The summed E-state index contributed by atoms with van der Waals surface area (Å²) in [6, 6.07) is 20.9. The Morgan fingerprint density at radius 1 is 0.750 bits per heavy atom. The maximum absolute atomic E-state index is 9.25. The minimum atomic E-state index is 0.265. The summed E-state index contributed by atoms with van der Waals surface area (Å²) in [6.45, 7) is 0. The van der Waals surface area contributed by atoms with Crippen LogP contribution in [0.4, 0.5) is 11.4 Å². The molecule has 0 aliphatic carbocycles. The number of nitrogens with one attached hydrogen (secondary N) is 1. The zero-order valence-electron chi connectivity index (χ0n) is 10.8. The zero-order chi connectivity index (χ0) is 13.8. The Labute approximate surface area is 117 Å². The molecule has 3 rings (SSSR count). The fraction of sp³-hybridized carbons (Fsp3) is 0. The number of nitrogens with zero attached hydrogens (tertiary/aromatic N) is 1. The highest BCUT2D eigenvalue weighted by Gasteiger charge is 1.99. The van der Waals surface area contributed by atoms with Crippen LogP contribution < -0.4 is 5.32 Å². The van der Waals surface area contributed by atoms with Gasteiger partial charge in [0.05, 0.1) is 5.69 Å². The Bertz CT molecular complexity index is 676. The van der Waals surface area contributed by atoms with Gasteiger partial charge in [-0.1, -0.05) is 18.2 Å². The van der Waals surface area contributed by atoms with Crippen molar-refractivity contribution in [3.63, 3.8) is 0 Å². The summed E-state index contributed by atoms with van der Waals surface area (Å²) in [5, 5.41) is 12.5. The van der Waals surface area contributed by atoms with Crippen LogP contribution in [0, 0.1) is 0 Å². The van der Waals surface area contributed by atoms with Crippen LogP contribution in [0.5, 0.6) is 5.75 Å². The van der Waals surface area contributed by atoms with E-state index < -0.39 is 0 Å². The average molecular weight is 262 g/mol. The molecule has 0 bridgehead atoms. The number of rotatable bonds is 3. The molecule has 0 atom stereocenters. The first-order valence-electron chi connectivity index (χ1n) is 6.39. The van der Waals surface area contributed by atoms with Crippen LogP contribution in [0.3, 0.4) is 0 Å². The molecule has 0 unspecified atom stereocenters. The van der Waals surface area contributed by atoms with E-state index >= 15 is 0 Å². The van der Waals surface area contributed by atoms with Crippen molar-refractivity contribution in [1.82, 2.24) is 4.98 Å². The van der Waals surface area contributed by atoms with Crippen molar-refractivity contribution in [2.75, 3.05) is 5.32 Å². The third-order valence-electron chi connectivity index (χ3n) is 3.00. The van der Waals surface area contributed by atoms with Crippen molar-refractivity contribution in [3.8, 4) is 17.0 Å². The number of aromatic hydroxyl groups is 1. The second kappa shape index (κ2) is 5.45.